The van der Waals surface area contributed by atoms with Crippen LogP contribution in [-0.2, 0) is 0 Å². The Kier molecular flexibility index (Phi) is 2.69. The van der Waals surface area contributed by atoms with E-state index >= 15 is 0 Å². The summed E-state index contributed by atoms with van der Waals surface area (Å²) in [5.74, 6) is -1.43. The smallest absolute Gasteiger partial charge is 0.383 e. The lowest BCUT2D eigenvalue weighted by Crippen LogP contribution is -2.56. The standard InChI is InChI=1S/C10H12F6O/c11-9(12,13)7(17)8(10(14,15)16)4-5-1-2-6(8)3-5/h5-7,17H,1-4H2. The van der Waals surface area contributed by atoms with E-state index in [0.29, 0.717) is 6.42 Å². The van der Waals surface area contributed by atoms with Crippen molar-refractivity contribution in [1.82, 2.24) is 0 Å². The summed E-state index contributed by atoms with van der Waals surface area (Å²) in [6.07, 6.45) is -13.3. The average Bonchev–Trinajstić information content (AvgIpc) is 2.72. The maximum Gasteiger partial charge on any atom is 0.415 e. The molecule has 2 aliphatic carbocycles. The normalized spacial score (nSPS) is 39.7. The molecular weight excluding hydrogens is 250 g/mol. The molecule has 0 aromatic heterocycles. The predicted octanol–water partition coefficient (Wildman–Crippen LogP) is 3.28. The molecule has 2 bridgehead atoms. The lowest BCUT2D eigenvalue weighted by Gasteiger charge is -2.43. The first-order valence-corrected chi connectivity index (χ1v) is 5.40. The highest BCUT2D eigenvalue weighted by Crippen LogP contribution is 2.65. The van der Waals surface area contributed by atoms with Crippen molar-refractivity contribution < 1.29 is 31.4 Å². The van der Waals surface area contributed by atoms with Crippen molar-refractivity contribution in [2.45, 2.75) is 44.1 Å². The SMILES string of the molecule is OC(C(F)(F)F)C1(C(F)(F)F)CC2CCC1C2. The van der Waals surface area contributed by atoms with Crippen LogP contribution in [-0.4, -0.2) is 23.6 Å². The van der Waals surface area contributed by atoms with Crippen LogP contribution in [0.4, 0.5) is 26.3 Å². The third-order valence-electron chi connectivity index (χ3n) is 4.22. The minimum atomic E-state index is -5.22. The van der Waals surface area contributed by atoms with Crippen molar-refractivity contribution in [1.29, 1.82) is 0 Å². The second-order valence-corrected chi connectivity index (χ2v) is 5.06. The zero-order valence-corrected chi connectivity index (χ0v) is 8.78. The van der Waals surface area contributed by atoms with E-state index in [1.165, 1.54) is 0 Å². The number of halogens is 6. The topological polar surface area (TPSA) is 20.2 Å². The summed E-state index contributed by atoms with van der Waals surface area (Å²) in [5, 5.41) is 9.15. The Labute approximate surface area is 93.8 Å². The van der Waals surface area contributed by atoms with Crippen LogP contribution in [0.3, 0.4) is 0 Å². The summed E-state index contributed by atoms with van der Waals surface area (Å²) in [6.45, 7) is 0. The Hall–Kier alpha value is -0.460. The monoisotopic (exact) mass is 262 g/mol. The Morgan fingerprint density at radius 2 is 1.65 bits per heavy atom. The molecular formula is C10H12F6O. The third-order valence-corrected chi connectivity index (χ3v) is 4.22. The van der Waals surface area contributed by atoms with Gasteiger partial charge >= 0.3 is 12.4 Å². The molecule has 0 aromatic carbocycles. The van der Waals surface area contributed by atoms with Crippen molar-refractivity contribution >= 4 is 0 Å². The maximum absolute atomic E-state index is 13.0. The lowest BCUT2D eigenvalue weighted by atomic mass is 9.68. The van der Waals surface area contributed by atoms with Crippen LogP contribution in [0.2, 0.25) is 0 Å². The highest BCUT2D eigenvalue weighted by atomic mass is 19.4. The molecule has 2 rings (SSSR count). The van der Waals surface area contributed by atoms with E-state index in [4.69, 9.17) is 5.11 Å². The molecule has 100 valence electrons. The van der Waals surface area contributed by atoms with Crippen molar-refractivity contribution in [2.75, 3.05) is 0 Å². The van der Waals surface area contributed by atoms with Crippen LogP contribution in [0, 0.1) is 17.3 Å². The number of rotatable bonds is 1. The van der Waals surface area contributed by atoms with Crippen LogP contribution < -0.4 is 0 Å². The van der Waals surface area contributed by atoms with Gasteiger partial charge in [-0.2, -0.15) is 26.3 Å². The van der Waals surface area contributed by atoms with Crippen LogP contribution in [0.25, 0.3) is 0 Å². The first-order chi connectivity index (χ1) is 7.59. The number of hydrogen-bond acceptors (Lipinski definition) is 1. The highest BCUT2D eigenvalue weighted by molar-refractivity contribution is 5.09. The van der Waals surface area contributed by atoms with Gasteiger partial charge in [-0.15, -0.1) is 0 Å². The highest BCUT2D eigenvalue weighted by Gasteiger charge is 2.73. The van der Waals surface area contributed by atoms with Gasteiger partial charge in [0.15, 0.2) is 6.10 Å². The van der Waals surface area contributed by atoms with Gasteiger partial charge in [0.2, 0.25) is 0 Å². The number of aliphatic hydroxyl groups excluding tert-OH is 1. The molecule has 0 aromatic rings. The summed E-state index contributed by atoms with van der Waals surface area (Å²) in [6, 6.07) is 0. The third kappa shape index (κ3) is 1.73. The molecule has 4 unspecified atom stereocenters. The predicted molar refractivity (Wildman–Crippen MR) is 46.0 cm³/mol. The molecule has 0 saturated heterocycles. The van der Waals surface area contributed by atoms with E-state index in [1.54, 1.807) is 0 Å². The molecule has 2 fully saturated rings. The second-order valence-electron chi connectivity index (χ2n) is 5.06. The van der Waals surface area contributed by atoms with Gasteiger partial charge in [0, 0.05) is 0 Å². The Morgan fingerprint density at radius 3 is 1.94 bits per heavy atom. The van der Waals surface area contributed by atoms with Crippen molar-refractivity contribution in [3.63, 3.8) is 0 Å². The molecule has 1 N–H and O–H groups in total. The molecule has 7 heteroatoms. The number of hydrogen-bond donors (Lipinski definition) is 1. The molecule has 0 amide bonds. The van der Waals surface area contributed by atoms with E-state index in [1.807, 2.05) is 0 Å². The summed E-state index contributed by atoms with van der Waals surface area (Å²) in [5.41, 5.74) is -2.98. The zero-order valence-electron chi connectivity index (χ0n) is 8.78. The molecule has 0 heterocycles. The fraction of sp³-hybridized carbons (Fsp3) is 1.00. The van der Waals surface area contributed by atoms with Gasteiger partial charge in [-0.05, 0) is 31.1 Å². The molecule has 0 spiro atoms. The summed E-state index contributed by atoms with van der Waals surface area (Å²) >= 11 is 0. The Balaban J connectivity index is 2.40. The molecule has 4 atom stereocenters. The van der Waals surface area contributed by atoms with Crippen molar-refractivity contribution in [3.05, 3.63) is 0 Å². The van der Waals surface area contributed by atoms with Crippen LogP contribution in [0.15, 0.2) is 0 Å². The number of fused-ring (bicyclic) bond motifs is 2. The Bertz CT molecular complexity index is 309. The van der Waals surface area contributed by atoms with Gasteiger partial charge in [-0.1, -0.05) is 6.42 Å². The van der Waals surface area contributed by atoms with E-state index in [-0.39, 0.29) is 18.8 Å². The number of aliphatic hydroxyl groups is 1. The molecule has 0 radical (unpaired) electrons. The molecule has 2 saturated carbocycles. The van der Waals surface area contributed by atoms with Gasteiger partial charge < -0.3 is 5.11 Å². The largest absolute Gasteiger partial charge is 0.415 e. The number of alkyl halides is 6. The Morgan fingerprint density at radius 1 is 1.06 bits per heavy atom. The minimum absolute atomic E-state index is 0.122. The quantitative estimate of drug-likeness (QED) is 0.719. The molecule has 0 aliphatic heterocycles. The first-order valence-electron chi connectivity index (χ1n) is 5.40. The van der Waals surface area contributed by atoms with E-state index in [9.17, 15) is 26.3 Å². The van der Waals surface area contributed by atoms with Gasteiger partial charge in [0.1, 0.15) is 5.41 Å². The summed E-state index contributed by atoms with van der Waals surface area (Å²) in [7, 11) is 0. The molecule has 17 heavy (non-hydrogen) atoms. The van der Waals surface area contributed by atoms with Gasteiger partial charge in [0.25, 0.3) is 0 Å². The van der Waals surface area contributed by atoms with Gasteiger partial charge in [-0.25, -0.2) is 0 Å². The lowest BCUT2D eigenvalue weighted by molar-refractivity contribution is -0.330. The van der Waals surface area contributed by atoms with E-state index in [0.717, 1.165) is 0 Å². The minimum Gasteiger partial charge on any atom is -0.383 e. The zero-order chi connectivity index (χ0) is 13.1. The van der Waals surface area contributed by atoms with Gasteiger partial charge in [0.05, 0.1) is 0 Å². The molecule has 2 aliphatic rings. The average molecular weight is 262 g/mol. The van der Waals surface area contributed by atoms with E-state index < -0.39 is 36.2 Å². The van der Waals surface area contributed by atoms with Crippen LogP contribution >= 0.6 is 0 Å². The van der Waals surface area contributed by atoms with Crippen LogP contribution in [0.5, 0.6) is 0 Å². The first kappa shape index (κ1) is 13.0. The van der Waals surface area contributed by atoms with Crippen molar-refractivity contribution in [3.8, 4) is 0 Å². The summed E-state index contributed by atoms with van der Waals surface area (Å²) in [4.78, 5) is 0. The summed E-state index contributed by atoms with van der Waals surface area (Å²) < 4.78 is 76.3. The van der Waals surface area contributed by atoms with E-state index in [2.05, 4.69) is 0 Å². The fourth-order valence-electron chi connectivity index (χ4n) is 3.50. The van der Waals surface area contributed by atoms with Crippen LogP contribution in [0.1, 0.15) is 25.7 Å². The van der Waals surface area contributed by atoms with Gasteiger partial charge in [-0.3, -0.25) is 0 Å². The fourth-order valence-corrected chi connectivity index (χ4v) is 3.50. The van der Waals surface area contributed by atoms with Crippen molar-refractivity contribution in [2.24, 2.45) is 17.3 Å². The second kappa shape index (κ2) is 3.52. The molecule has 1 nitrogen and oxygen atoms in total. The maximum atomic E-state index is 13.0.